The van der Waals surface area contributed by atoms with Crippen LogP contribution in [0.25, 0.3) is 0 Å². The summed E-state index contributed by atoms with van der Waals surface area (Å²) in [7, 11) is 0. The molecule has 122 valence electrons. The summed E-state index contributed by atoms with van der Waals surface area (Å²) in [6, 6.07) is 5.77. The fourth-order valence-corrected chi connectivity index (χ4v) is 2.75. The van der Waals surface area contributed by atoms with Gasteiger partial charge >= 0.3 is 6.03 Å². The van der Waals surface area contributed by atoms with Crippen LogP contribution in [-0.4, -0.2) is 40.9 Å². The molecule has 3 rings (SSSR count). The summed E-state index contributed by atoms with van der Waals surface area (Å²) in [5.74, 6) is -0.610. The van der Waals surface area contributed by atoms with E-state index in [0.29, 0.717) is 5.69 Å². The number of anilines is 1. The summed E-state index contributed by atoms with van der Waals surface area (Å²) in [6.07, 6.45) is 1.93. The first-order valence-corrected chi connectivity index (χ1v) is 7.93. The molecule has 0 bridgehead atoms. The molecule has 2 aliphatic rings. The number of urea groups is 1. The Balaban J connectivity index is 1.82. The summed E-state index contributed by atoms with van der Waals surface area (Å²) < 4.78 is 0. The number of hydrogen-bond donors (Lipinski definition) is 1. The second kappa shape index (κ2) is 5.68. The molecule has 1 aliphatic heterocycles. The number of nitrogens with one attached hydrogen (secondary N) is 1. The number of rotatable bonds is 4. The summed E-state index contributed by atoms with van der Waals surface area (Å²) in [4.78, 5) is 39.9. The van der Waals surface area contributed by atoms with Crippen LogP contribution >= 0.6 is 0 Å². The maximum Gasteiger partial charge on any atom is 0.332 e. The predicted octanol–water partition coefficient (Wildman–Crippen LogP) is 1.82. The first kappa shape index (κ1) is 15.5. The zero-order valence-corrected chi connectivity index (χ0v) is 13.6. The molecule has 1 aliphatic carbocycles. The molecular weight excluding hydrogens is 294 g/mol. The Morgan fingerprint density at radius 3 is 2.39 bits per heavy atom. The number of hydrogen-bond acceptors (Lipinski definition) is 3. The molecular formula is C17H21N3O3. The highest BCUT2D eigenvalue weighted by atomic mass is 16.2. The molecule has 4 amide bonds. The van der Waals surface area contributed by atoms with E-state index in [2.05, 4.69) is 5.32 Å². The second-order valence-electron chi connectivity index (χ2n) is 6.33. The largest absolute Gasteiger partial charge is 0.352 e. The Bertz CT molecular complexity index is 652. The van der Waals surface area contributed by atoms with Gasteiger partial charge in [-0.2, -0.15) is 0 Å². The fourth-order valence-electron chi connectivity index (χ4n) is 2.75. The van der Waals surface area contributed by atoms with Crippen molar-refractivity contribution in [3.8, 4) is 0 Å². The molecule has 0 unspecified atom stereocenters. The Morgan fingerprint density at radius 1 is 1.22 bits per heavy atom. The van der Waals surface area contributed by atoms with Gasteiger partial charge in [0, 0.05) is 11.7 Å². The third-order valence-corrected chi connectivity index (χ3v) is 4.40. The minimum atomic E-state index is -0.798. The van der Waals surface area contributed by atoms with E-state index < -0.39 is 18.1 Å². The van der Waals surface area contributed by atoms with E-state index >= 15 is 0 Å². The molecule has 6 heteroatoms. The predicted molar refractivity (Wildman–Crippen MR) is 86.0 cm³/mol. The topological polar surface area (TPSA) is 69.7 Å². The Kier molecular flexibility index (Phi) is 3.83. The molecule has 1 saturated heterocycles. The lowest BCUT2D eigenvalue weighted by Gasteiger charge is -2.22. The zero-order chi connectivity index (χ0) is 16.7. The average Bonchev–Trinajstić information content (AvgIpc) is 3.29. The highest BCUT2D eigenvalue weighted by molar-refractivity contribution is 6.16. The van der Waals surface area contributed by atoms with Gasteiger partial charge in [0.05, 0.1) is 0 Å². The number of amides is 4. The average molecular weight is 315 g/mol. The molecule has 1 aromatic carbocycles. The van der Waals surface area contributed by atoms with Crippen molar-refractivity contribution < 1.29 is 14.4 Å². The standard InChI is InChI=1S/C17H21N3O3/c1-10-4-8-14(9-5-10)19-12(3)16(22)20(17(19)23)11(2)15(21)18-13-6-7-13/h4-5,8-9,11-13H,6-7H2,1-3H3,(H,18,21)/t11-,12+/m0/s1. The van der Waals surface area contributed by atoms with Crippen molar-refractivity contribution >= 4 is 23.5 Å². The molecule has 1 saturated carbocycles. The van der Waals surface area contributed by atoms with Crippen LogP contribution in [0.1, 0.15) is 32.3 Å². The van der Waals surface area contributed by atoms with Crippen molar-refractivity contribution in [3.63, 3.8) is 0 Å². The van der Waals surface area contributed by atoms with Gasteiger partial charge in [-0.05, 0) is 45.7 Å². The second-order valence-corrected chi connectivity index (χ2v) is 6.33. The van der Waals surface area contributed by atoms with Gasteiger partial charge in [-0.15, -0.1) is 0 Å². The third kappa shape index (κ3) is 2.81. The molecule has 0 spiro atoms. The van der Waals surface area contributed by atoms with Crippen molar-refractivity contribution in [2.75, 3.05) is 4.90 Å². The van der Waals surface area contributed by atoms with Gasteiger partial charge in [0.1, 0.15) is 12.1 Å². The summed E-state index contributed by atoms with van der Waals surface area (Å²) in [5.41, 5.74) is 1.74. The molecule has 2 fully saturated rings. The lowest BCUT2D eigenvalue weighted by atomic mass is 10.2. The van der Waals surface area contributed by atoms with E-state index in [-0.39, 0.29) is 17.9 Å². The van der Waals surface area contributed by atoms with Crippen LogP contribution in [0.3, 0.4) is 0 Å². The fraction of sp³-hybridized carbons (Fsp3) is 0.471. The number of carbonyl (C=O) groups is 3. The van der Waals surface area contributed by atoms with Gasteiger partial charge in [-0.25, -0.2) is 9.69 Å². The lowest BCUT2D eigenvalue weighted by molar-refractivity contribution is -0.135. The summed E-state index contributed by atoms with van der Waals surface area (Å²) in [5, 5.41) is 2.84. The molecule has 23 heavy (non-hydrogen) atoms. The maximum absolute atomic E-state index is 12.7. The van der Waals surface area contributed by atoms with Crippen LogP contribution in [0.15, 0.2) is 24.3 Å². The van der Waals surface area contributed by atoms with Gasteiger partial charge in [0.25, 0.3) is 5.91 Å². The van der Waals surface area contributed by atoms with E-state index in [1.807, 2.05) is 31.2 Å². The molecule has 1 heterocycles. The Morgan fingerprint density at radius 2 is 1.83 bits per heavy atom. The first-order valence-electron chi connectivity index (χ1n) is 7.93. The summed E-state index contributed by atoms with van der Waals surface area (Å²) >= 11 is 0. The zero-order valence-electron chi connectivity index (χ0n) is 13.6. The van der Waals surface area contributed by atoms with Crippen LogP contribution in [0.4, 0.5) is 10.5 Å². The number of nitrogens with zero attached hydrogens (tertiary/aromatic N) is 2. The van der Waals surface area contributed by atoms with Gasteiger partial charge < -0.3 is 5.32 Å². The highest BCUT2D eigenvalue weighted by Gasteiger charge is 2.47. The van der Waals surface area contributed by atoms with Gasteiger partial charge in [-0.3, -0.25) is 14.5 Å². The van der Waals surface area contributed by atoms with Gasteiger partial charge in [-0.1, -0.05) is 17.7 Å². The highest BCUT2D eigenvalue weighted by Crippen LogP contribution is 2.28. The van der Waals surface area contributed by atoms with Crippen molar-refractivity contribution in [3.05, 3.63) is 29.8 Å². The van der Waals surface area contributed by atoms with Crippen molar-refractivity contribution in [1.29, 1.82) is 0 Å². The van der Waals surface area contributed by atoms with E-state index in [1.54, 1.807) is 13.8 Å². The van der Waals surface area contributed by atoms with Crippen LogP contribution < -0.4 is 10.2 Å². The van der Waals surface area contributed by atoms with Crippen molar-refractivity contribution in [2.24, 2.45) is 0 Å². The maximum atomic E-state index is 12.7. The Labute approximate surface area is 135 Å². The normalized spacial score (nSPS) is 22.5. The number of carbonyl (C=O) groups excluding carboxylic acids is 3. The molecule has 6 nitrogen and oxygen atoms in total. The van der Waals surface area contributed by atoms with Crippen LogP contribution in [-0.2, 0) is 9.59 Å². The van der Waals surface area contributed by atoms with E-state index in [9.17, 15) is 14.4 Å². The number of aryl methyl sites for hydroxylation is 1. The molecule has 1 aromatic rings. The van der Waals surface area contributed by atoms with Crippen LogP contribution in [0.5, 0.6) is 0 Å². The van der Waals surface area contributed by atoms with Crippen LogP contribution in [0, 0.1) is 6.92 Å². The van der Waals surface area contributed by atoms with E-state index in [1.165, 1.54) is 4.90 Å². The lowest BCUT2D eigenvalue weighted by Crippen LogP contribution is -2.49. The minimum Gasteiger partial charge on any atom is -0.352 e. The molecule has 0 radical (unpaired) electrons. The van der Waals surface area contributed by atoms with Gasteiger partial charge in [0.15, 0.2) is 0 Å². The quantitative estimate of drug-likeness (QED) is 0.862. The van der Waals surface area contributed by atoms with Crippen LogP contribution in [0.2, 0.25) is 0 Å². The van der Waals surface area contributed by atoms with Gasteiger partial charge in [0.2, 0.25) is 5.91 Å². The van der Waals surface area contributed by atoms with Crippen molar-refractivity contribution in [2.45, 2.75) is 51.7 Å². The SMILES string of the molecule is Cc1ccc(N2C(=O)N([C@@H](C)C(=O)NC3CC3)C(=O)[C@H]2C)cc1. The summed E-state index contributed by atoms with van der Waals surface area (Å²) in [6.45, 7) is 5.24. The number of benzene rings is 1. The first-order chi connectivity index (χ1) is 10.9. The van der Waals surface area contributed by atoms with E-state index in [0.717, 1.165) is 23.3 Å². The third-order valence-electron chi connectivity index (χ3n) is 4.40. The smallest absolute Gasteiger partial charge is 0.332 e. The number of imide groups is 1. The van der Waals surface area contributed by atoms with Crippen molar-refractivity contribution in [1.82, 2.24) is 10.2 Å². The molecule has 0 aromatic heterocycles. The molecule has 2 atom stereocenters. The minimum absolute atomic E-state index is 0.198. The van der Waals surface area contributed by atoms with E-state index in [4.69, 9.17) is 0 Å². The Hall–Kier alpha value is -2.37. The monoisotopic (exact) mass is 315 g/mol. The molecule has 1 N–H and O–H groups in total.